The number of aromatic nitrogens is 2. The molecule has 1 N–H and O–H groups in total. The minimum absolute atomic E-state index is 0.0657. The van der Waals surface area contributed by atoms with Gasteiger partial charge in [0.15, 0.2) is 23.3 Å². The zero-order chi connectivity index (χ0) is 31.0. The normalized spacial score (nSPS) is 14.7. The topological polar surface area (TPSA) is 158 Å². The van der Waals surface area contributed by atoms with Crippen LogP contribution >= 0.6 is 0 Å². The van der Waals surface area contributed by atoms with Gasteiger partial charge in [-0.3, -0.25) is 9.10 Å². The molecule has 0 aliphatic carbocycles. The first-order valence-corrected chi connectivity index (χ1v) is 14.1. The second-order valence-corrected chi connectivity index (χ2v) is 12.2. The molecule has 0 spiro atoms. The first-order valence-electron chi connectivity index (χ1n) is 12.7. The number of imidazole rings is 1. The number of likely N-dealkylation sites (N-methyl/N-ethyl adjacent to an activating group) is 1. The molecule has 42 heavy (non-hydrogen) atoms. The highest BCUT2D eigenvalue weighted by Gasteiger charge is 2.42. The van der Waals surface area contributed by atoms with Gasteiger partial charge in [0.05, 0.1) is 39.0 Å². The molecular weight excluding hydrogens is 566 g/mol. The van der Waals surface area contributed by atoms with E-state index in [-0.39, 0.29) is 27.5 Å². The molecule has 0 radical (unpaired) electrons. The van der Waals surface area contributed by atoms with Crippen molar-refractivity contribution in [1.82, 2.24) is 13.9 Å². The molecule has 1 aliphatic rings. The Morgan fingerprint density at radius 2 is 1.64 bits per heavy atom. The zero-order valence-corrected chi connectivity index (χ0v) is 25.0. The minimum atomic E-state index is -4.16. The summed E-state index contributed by atoms with van der Waals surface area (Å²) in [5.41, 5.74) is 0.0986. The van der Waals surface area contributed by atoms with Crippen molar-refractivity contribution in [3.63, 3.8) is 0 Å². The summed E-state index contributed by atoms with van der Waals surface area (Å²) in [6.45, 7) is 6.00. The molecular formula is C28H31N5O8S. The van der Waals surface area contributed by atoms with Crippen molar-refractivity contribution >= 4 is 45.1 Å². The van der Waals surface area contributed by atoms with Gasteiger partial charge in [-0.05, 0) is 35.2 Å². The number of nitrogens with one attached hydrogen (secondary N) is 1. The van der Waals surface area contributed by atoms with Gasteiger partial charge in [-0.2, -0.15) is 0 Å². The number of nitrogens with zero attached hydrogens (tertiary/aromatic N) is 4. The maximum absolute atomic E-state index is 14.2. The molecule has 0 bridgehead atoms. The minimum Gasteiger partial charge on any atom is -0.495 e. The molecule has 2 heterocycles. The number of ether oxygens (including phenoxy) is 3. The number of esters is 2. The summed E-state index contributed by atoms with van der Waals surface area (Å²) < 4.78 is 44.1. The number of methoxy groups -OCH3 is 3. The molecule has 4 rings (SSSR count). The van der Waals surface area contributed by atoms with Crippen LogP contribution in [-0.4, -0.2) is 74.3 Å². The van der Waals surface area contributed by atoms with Gasteiger partial charge >= 0.3 is 11.9 Å². The summed E-state index contributed by atoms with van der Waals surface area (Å²) in [6.07, 6.45) is 1.05. The van der Waals surface area contributed by atoms with E-state index in [0.717, 1.165) is 35.0 Å². The molecule has 0 fully saturated rings. The van der Waals surface area contributed by atoms with Crippen LogP contribution in [-0.2, 0) is 29.7 Å². The Morgan fingerprint density at radius 3 is 2.26 bits per heavy atom. The molecule has 2 aromatic carbocycles. The van der Waals surface area contributed by atoms with E-state index in [1.165, 1.54) is 26.3 Å². The lowest BCUT2D eigenvalue weighted by molar-refractivity contribution is -0.117. The number of anilines is 1. The van der Waals surface area contributed by atoms with E-state index in [2.05, 4.69) is 15.3 Å². The highest BCUT2D eigenvalue weighted by molar-refractivity contribution is 7.90. The van der Waals surface area contributed by atoms with E-state index in [0.29, 0.717) is 5.75 Å². The average molecular weight is 598 g/mol. The molecule has 14 heteroatoms. The first kappa shape index (κ1) is 30.2. The number of amidine groups is 1. The quantitative estimate of drug-likeness (QED) is 0.403. The van der Waals surface area contributed by atoms with Gasteiger partial charge in [0.1, 0.15) is 10.6 Å². The lowest BCUT2D eigenvalue weighted by atomic mass is 9.87. The number of carbonyl (C=O) groups excluding carboxylic acids is 3. The van der Waals surface area contributed by atoms with Gasteiger partial charge in [-0.1, -0.05) is 39.0 Å². The van der Waals surface area contributed by atoms with E-state index < -0.39 is 45.3 Å². The van der Waals surface area contributed by atoms with E-state index in [1.807, 2.05) is 26.8 Å². The van der Waals surface area contributed by atoms with Crippen LogP contribution in [0.1, 0.15) is 53.4 Å². The number of benzene rings is 2. The van der Waals surface area contributed by atoms with Crippen molar-refractivity contribution in [1.29, 1.82) is 0 Å². The lowest BCUT2D eigenvalue weighted by Crippen LogP contribution is -2.45. The Hall–Kier alpha value is -4.72. The van der Waals surface area contributed by atoms with Gasteiger partial charge in [0.25, 0.3) is 15.9 Å². The Morgan fingerprint density at radius 1 is 0.976 bits per heavy atom. The largest absolute Gasteiger partial charge is 0.495 e. The third kappa shape index (κ3) is 5.32. The van der Waals surface area contributed by atoms with E-state index >= 15 is 0 Å². The van der Waals surface area contributed by atoms with E-state index in [9.17, 15) is 22.8 Å². The van der Waals surface area contributed by atoms with Crippen molar-refractivity contribution in [3.8, 4) is 5.75 Å². The predicted molar refractivity (Wildman–Crippen MR) is 153 cm³/mol. The SMILES string of the molecule is COC(=O)c1ncn(C(C(=O)Nc2cc(C(C)(C)C)ccc2OC)C2=Nc3ccccc3S(=O)(=O)N2C)c1C(=O)OC. The maximum Gasteiger partial charge on any atom is 0.359 e. The summed E-state index contributed by atoms with van der Waals surface area (Å²) in [5, 5.41) is 2.80. The fourth-order valence-corrected chi connectivity index (χ4v) is 5.72. The summed E-state index contributed by atoms with van der Waals surface area (Å²) in [5.74, 6) is -2.72. The number of hydrogen-bond acceptors (Lipinski definition) is 10. The number of sulfonamides is 1. The van der Waals surface area contributed by atoms with Gasteiger partial charge in [-0.15, -0.1) is 0 Å². The molecule has 1 aromatic heterocycles. The van der Waals surface area contributed by atoms with Gasteiger partial charge in [0.2, 0.25) is 0 Å². The summed E-state index contributed by atoms with van der Waals surface area (Å²) in [4.78, 5) is 48.2. The molecule has 1 amide bonds. The number of aliphatic imine (C=N–C) groups is 1. The molecule has 0 saturated heterocycles. The zero-order valence-electron chi connectivity index (χ0n) is 24.2. The molecule has 1 unspecified atom stereocenters. The standard InChI is InChI=1S/C28H31N5O8S/c1-28(2,3)16-12-13-19(39-5)18(14-16)31-25(34)23(33-15-29-21(26(35)40-6)22(33)27(36)41-7)24-30-17-10-8-9-11-20(17)42(37,38)32(24)4/h8-15,23H,1-7H3,(H,31,34). The number of amides is 1. The van der Waals surface area contributed by atoms with Crippen molar-refractivity contribution in [2.75, 3.05) is 33.7 Å². The van der Waals surface area contributed by atoms with Gasteiger partial charge in [-0.25, -0.2) is 28.0 Å². The Kier molecular flexibility index (Phi) is 8.12. The van der Waals surface area contributed by atoms with Crippen molar-refractivity contribution in [3.05, 3.63) is 65.7 Å². The molecule has 3 aromatic rings. The first-order chi connectivity index (χ1) is 19.8. The molecule has 222 valence electrons. The number of rotatable bonds is 7. The number of para-hydroxylation sites is 1. The van der Waals surface area contributed by atoms with Crippen molar-refractivity contribution < 1.29 is 37.0 Å². The smallest absolute Gasteiger partial charge is 0.359 e. The van der Waals surface area contributed by atoms with Crippen LogP contribution < -0.4 is 10.1 Å². The predicted octanol–water partition coefficient (Wildman–Crippen LogP) is 3.31. The summed E-state index contributed by atoms with van der Waals surface area (Å²) >= 11 is 0. The number of hydrogen-bond donors (Lipinski definition) is 1. The highest BCUT2D eigenvalue weighted by Crippen LogP contribution is 2.36. The second-order valence-electron chi connectivity index (χ2n) is 10.3. The fourth-order valence-electron chi connectivity index (χ4n) is 4.41. The van der Waals surface area contributed by atoms with Gasteiger partial charge < -0.3 is 24.1 Å². The van der Waals surface area contributed by atoms with Crippen LogP contribution in [0.25, 0.3) is 0 Å². The molecule has 0 saturated carbocycles. The van der Waals surface area contributed by atoms with Crippen LogP contribution in [0.2, 0.25) is 0 Å². The van der Waals surface area contributed by atoms with Crippen LogP contribution in [0.15, 0.2) is 58.7 Å². The monoisotopic (exact) mass is 597 g/mol. The lowest BCUT2D eigenvalue weighted by Gasteiger charge is -2.31. The Balaban J connectivity index is 1.98. The van der Waals surface area contributed by atoms with E-state index in [4.69, 9.17) is 14.2 Å². The average Bonchev–Trinajstić information content (AvgIpc) is 3.39. The number of fused-ring (bicyclic) bond motifs is 1. The third-order valence-corrected chi connectivity index (χ3v) is 8.52. The molecule has 1 atom stereocenters. The van der Waals surface area contributed by atoms with Crippen LogP contribution in [0.5, 0.6) is 5.75 Å². The van der Waals surface area contributed by atoms with Crippen molar-refractivity contribution in [2.45, 2.75) is 37.1 Å². The van der Waals surface area contributed by atoms with Crippen LogP contribution in [0.4, 0.5) is 11.4 Å². The third-order valence-electron chi connectivity index (χ3n) is 6.71. The molecule has 1 aliphatic heterocycles. The van der Waals surface area contributed by atoms with E-state index in [1.54, 1.807) is 24.3 Å². The second kappa shape index (κ2) is 11.3. The van der Waals surface area contributed by atoms with Crippen LogP contribution in [0.3, 0.4) is 0 Å². The fraction of sp³-hybridized carbons (Fsp3) is 0.321. The van der Waals surface area contributed by atoms with Crippen molar-refractivity contribution in [2.24, 2.45) is 4.99 Å². The summed E-state index contributed by atoms with van der Waals surface area (Å²) in [6, 6.07) is 9.70. The maximum atomic E-state index is 14.2. The number of carbonyl (C=O) groups is 3. The van der Waals surface area contributed by atoms with Crippen LogP contribution in [0, 0.1) is 0 Å². The Bertz CT molecular complexity index is 1700. The molecule has 13 nitrogen and oxygen atoms in total. The van der Waals surface area contributed by atoms with Gasteiger partial charge in [0, 0.05) is 7.05 Å². The highest BCUT2D eigenvalue weighted by atomic mass is 32.2. The Labute approximate surface area is 243 Å². The summed E-state index contributed by atoms with van der Waals surface area (Å²) in [7, 11) is 0.700.